The Balaban J connectivity index is 1.51. The summed E-state index contributed by atoms with van der Waals surface area (Å²) in [5, 5.41) is 25.4. The van der Waals surface area contributed by atoms with Gasteiger partial charge in [-0.2, -0.15) is 0 Å². The highest BCUT2D eigenvalue weighted by atomic mass is 16.3. The van der Waals surface area contributed by atoms with E-state index in [2.05, 4.69) is 23.7 Å². The molecule has 40 heavy (non-hydrogen) atoms. The molecule has 0 bridgehead atoms. The Hall–Kier alpha value is -5.84. The third-order valence-electron chi connectivity index (χ3n) is 6.78. The van der Waals surface area contributed by atoms with Gasteiger partial charge in [-0.05, 0) is 82.2 Å². The second-order valence-electron chi connectivity index (χ2n) is 9.48. The molecule has 190 valence electrons. The molecule has 6 aromatic carbocycles. The van der Waals surface area contributed by atoms with Crippen molar-refractivity contribution in [3.8, 4) is 46.3 Å². The van der Waals surface area contributed by atoms with Gasteiger partial charge in [0.1, 0.15) is 11.5 Å². The molecule has 0 aliphatic rings. The molecule has 4 nitrogen and oxygen atoms in total. The van der Waals surface area contributed by atoms with Gasteiger partial charge in [0.05, 0.1) is 11.4 Å². The van der Waals surface area contributed by atoms with Crippen LogP contribution in [0, 0.1) is 23.7 Å². The molecular formula is C36H24N2O2. The highest BCUT2D eigenvalue weighted by molar-refractivity contribution is 6.13. The number of benzene rings is 6. The SMILES string of the molecule is Nc1cc2cc(C#Cc3ccccc3)ccc2c(-c2c(O)c(N)cc3cc(C#Cc4ccccc4)ccc23)c1O. The zero-order valence-electron chi connectivity index (χ0n) is 21.4. The summed E-state index contributed by atoms with van der Waals surface area (Å²) in [4.78, 5) is 0. The molecule has 0 radical (unpaired) electrons. The Morgan fingerprint density at radius 3 is 1.20 bits per heavy atom. The smallest absolute Gasteiger partial charge is 0.147 e. The molecule has 0 amide bonds. The lowest BCUT2D eigenvalue weighted by molar-refractivity contribution is 0.473. The van der Waals surface area contributed by atoms with Crippen LogP contribution in [-0.4, -0.2) is 10.2 Å². The van der Waals surface area contributed by atoms with Gasteiger partial charge in [-0.15, -0.1) is 0 Å². The second-order valence-corrected chi connectivity index (χ2v) is 9.48. The van der Waals surface area contributed by atoms with Gasteiger partial charge in [-0.1, -0.05) is 72.2 Å². The van der Waals surface area contributed by atoms with E-state index in [4.69, 9.17) is 11.5 Å². The van der Waals surface area contributed by atoms with Gasteiger partial charge in [-0.3, -0.25) is 0 Å². The molecule has 0 aliphatic carbocycles. The summed E-state index contributed by atoms with van der Waals surface area (Å²) in [7, 11) is 0. The largest absolute Gasteiger partial charge is 0.505 e. The third kappa shape index (κ3) is 4.63. The van der Waals surface area contributed by atoms with Crippen molar-refractivity contribution in [3.63, 3.8) is 0 Å². The molecule has 4 heteroatoms. The van der Waals surface area contributed by atoms with Crippen LogP contribution in [0.15, 0.2) is 109 Å². The molecule has 0 atom stereocenters. The normalized spacial score (nSPS) is 10.5. The molecule has 6 aromatic rings. The lowest BCUT2D eigenvalue weighted by atomic mass is 9.90. The number of nitrogens with two attached hydrogens (primary N) is 2. The number of anilines is 2. The fourth-order valence-corrected chi connectivity index (χ4v) is 4.83. The number of hydrogen-bond donors (Lipinski definition) is 4. The first-order valence-electron chi connectivity index (χ1n) is 12.7. The summed E-state index contributed by atoms with van der Waals surface area (Å²) in [5.74, 6) is 12.5. The Morgan fingerprint density at radius 2 is 0.800 bits per heavy atom. The maximum absolute atomic E-state index is 11.2. The van der Waals surface area contributed by atoms with Crippen LogP contribution in [0.2, 0.25) is 0 Å². The Bertz CT molecular complexity index is 1890. The first-order chi connectivity index (χ1) is 19.5. The number of phenols is 2. The van der Waals surface area contributed by atoms with E-state index in [1.807, 2.05) is 97.1 Å². The highest BCUT2D eigenvalue weighted by Gasteiger charge is 2.21. The van der Waals surface area contributed by atoms with Crippen LogP contribution >= 0.6 is 0 Å². The molecule has 6 N–H and O–H groups in total. The van der Waals surface area contributed by atoms with Gasteiger partial charge in [-0.25, -0.2) is 0 Å². The average Bonchev–Trinajstić information content (AvgIpc) is 2.98. The van der Waals surface area contributed by atoms with Gasteiger partial charge in [0.25, 0.3) is 0 Å². The van der Waals surface area contributed by atoms with Crippen LogP contribution in [0.3, 0.4) is 0 Å². The van der Waals surface area contributed by atoms with E-state index in [-0.39, 0.29) is 22.9 Å². The monoisotopic (exact) mass is 516 g/mol. The van der Waals surface area contributed by atoms with Gasteiger partial charge in [0.2, 0.25) is 0 Å². The number of aromatic hydroxyl groups is 2. The standard InChI is InChI=1S/C36H24N2O2/c37-31-21-27-19-25(13-11-23-7-3-1-4-8-23)15-17-29(27)33(35(31)39)34-30-18-16-26(14-12-24-9-5-2-6-10-24)20-28(30)22-32(38)36(34)40/h1-10,15-22,39-40H,37-38H2. The predicted molar refractivity (Wildman–Crippen MR) is 164 cm³/mol. The van der Waals surface area contributed by atoms with E-state index >= 15 is 0 Å². The van der Waals surface area contributed by atoms with Crippen molar-refractivity contribution in [2.75, 3.05) is 11.5 Å². The van der Waals surface area contributed by atoms with E-state index < -0.39 is 0 Å². The van der Waals surface area contributed by atoms with Crippen molar-refractivity contribution in [2.24, 2.45) is 0 Å². The van der Waals surface area contributed by atoms with E-state index in [1.54, 1.807) is 12.1 Å². The number of phenolic OH excluding ortho intramolecular Hbond substituents is 2. The third-order valence-corrected chi connectivity index (χ3v) is 6.78. The Morgan fingerprint density at radius 1 is 0.425 bits per heavy atom. The maximum Gasteiger partial charge on any atom is 0.147 e. The van der Waals surface area contributed by atoms with Crippen molar-refractivity contribution >= 4 is 32.9 Å². The van der Waals surface area contributed by atoms with Crippen molar-refractivity contribution in [1.29, 1.82) is 0 Å². The molecule has 0 fully saturated rings. The predicted octanol–water partition coefficient (Wildman–Crippen LogP) is 7.04. The van der Waals surface area contributed by atoms with E-state index in [9.17, 15) is 10.2 Å². The Labute approximate surface area is 232 Å². The molecule has 0 unspecified atom stereocenters. The van der Waals surface area contributed by atoms with E-state index in [0.717, 1.165) is 33.0 Å². The van der Waals surface area contributed by atoms with Gasteiger partial charge in [0, 0.05) is 33.4 Å². The van der Waals surface area contributed by atoms with Crippen molar-refractivity contribution in [1.82, 2.24) is 0 Å². The first-order valence-corrected chi connectivity index (χ1v) is 12.7. The molecule has 0 heterocycles. The van der Waals surface area contributed by atoms with Crippen LogP contribution in [0.1, 0.15) is 22.3 Å². The molecular weight excluding hydrogens is 492 g/mol. The fraction of sp³-hybridized carbons (Fsp3) is 0. The first kappa shape index (κ1) is 24.5. The fourth-order valence-electron chi connectivity index (χ4n) is 4.83. The van der Waals surface area contributed by atoms with E-state index in [0.29, 0.717) is 21.9 Å². The summed E-state index contributed by atoms with van der Waals surface area (Å²) in [6.45, 7) is 0. The maximum atomic E-state index is 11.2. The molecule has 0 aromatic heterocycles. The van der Waals surface area contributed by atoms with Crippen LogP contribution in [0.4, 0.5) is 11.4 Å². The summed E-state index contributed by atoms with van der Waals surface area (Å²) in [6, 6.07) is 34.3. The van der Waals surface area contributed by atoms with Gasteiger partial charge in [0.15, 0.2) is 0 Å². The number of rotatable bonds is 1. The topological polar surface area (TPSA) is 92.5 Å². The van der Waals surface area contributed by atoms with Crippen LogP contribution in [0.5, 0.6) is 11.5 Å². The zero-order chi connectivity index (χ0) is 27.6. The minimum Gasteiger partial charge on any atom is -0.505 e. The van der Waals surface area contributed by atoms with Crippen molar-refractivity contribution in [3.05, 3.63) is 131 Å². The zero-order valence-corrected chi connectivity index (χ0v) is 21.4. The highest BCUT2D eigenvalue weighted by Crippen LogP contribution is 2.49. The lowest BCUT2D eigenvalue weighted by Gasteiger charge is -2.17. The minimum atomic E-state index is -0.120. The summed E-state index contributed by atoms with van der Waals surface area (Å²) < 4.78 is 0. The molecule has 0 saturated carbocycles. The minimum absolute atomic E-state index is 0.120. The quantitative estimate of drug-likeness (QED) is 0.107. The molecule has 0 saturated heterocycles. The molecule has 0 aliphatic heterocycles. The van der Waals surface area contributed by atoms with Crippen LogP contribution in [-0.2, 0) is 0 Å². The molecule has 6 rings (SSSR count). The Kier molecular flexibility index (Phi) is 6.21. The van der Waals surface area contributed by atoms with Crippen molar-refractivity contribution in [2.45, 2.75) is 0 Å². The lowest BCUT2D eigenvalue weighted by Crippen LogP contribution is -1.95. The number of fused-ring (bicyclic) bond motifs is 2. The average molecular weight is 517 g/mol. The van der Waals surface area contributed by atoms with Crippen LogP contribution in [0.25, 0.3) is 32.7 Å². The van der Waals surface area contributed by atoms with Crippen LogP contribution < -0.4 is 11.5 Å². The summed E-state index contributed by atoms with van der Waals surface area (Å²) >= 11 is 0. The van der Waals surface area contributed by atoms with E-state index in [1.165, 1.54) is 0 Å². The summed E-state index contributed by atoms with van der Waals surface area (Å²) in [6.07, 6.45) is 0. The number of nitrogen functional groups attached to an aromatic ring is 2. The van der Waals surface area contributed by atoms with Gasteiger partial charge >= 0.3 is 0 Å². The summed E-state index contributed by atoms with van der Waals surface area (Å²) in [5.41, 5.74) is 17.2. The molecule has 0 spiro atoms. The number of hydrogen-bond acceptors (Lipinski definition) is 4. The van der Waals surface area contributed by atoms with Gasteiger partial charge < -0.3 is 21.7 Å². The van der Waals surface area contributed by atoms with Crippen molar-refractivity contribution < 1.29 is 10.2 Å². The second kappa shape index (κ2) is 10.1.